The molecular formula is C53H33N3. The van der Waals surface area contributed by atoms with Crippen LogP contribution in [0.5, 0.6) is 0 Å². The predicted molar refractivity (Wildman–Crippen MR) is 231 cm³/mol. The number of fused-ring (bicyclic) bond motifs is 13. The Bertz CT molecular complexity index is 3250. The van der Waals surface area contributed by atoms with Crippen LogP contribution in [0.15, 0.2) is 188 Å². The number of hydrogen-bond donors (Lipinski definition) is 0. The van der Waals surface area contributed by atoms with Crippen LogP contribution in [0.1, 0.15) is 33.4 Å². The molecule has 0 saturated carbocycles. The normalized spacial score (nSPS) is 15.1. The van der Waals surface area contributed by atoms with Gasteiger partial charge in [-0.05, 0) is 121 Å². The summed E-state index contributed by atoms with van der Waals surface area (Å²) in [4.78, 5) is 10.1. The van der Waals surface area contributed by atoms with Crippen molar-refractivity contribution in [3.8, 4) is 39.3 Å². The molecule has 10 aromatic rings. The first-order chi connectivity index (χ1) is 27.8. The lowest BCUT2D eigenvalue weighted by Crippen LogP contribution is -2.30. The lowest BCUT2D eigenvalue weighted by molar-refractivity contribution is 0.768. The number of rotatable bonds is 3. The molecule has 7 aromatic carbocycles. The van der Waals surface area contributed by atoms with Gasteiger partial charge in [-0.25, -0.2) is 9.97 Å². The fourth-order valence-corrected chi connectivity index (χ4v) is 9.62. The van der Waals surface area contributed by atoms with E-state index in [-0.39, 0.29) is 0 Å². The van der Waals surface area contributed by atoms with Crippen LogP contribution in [0.3, 0.4) is 0 Å². The minimum atomic E-state index is -0.521. The molecule has 3 heteroatoms. The van der Waals surface area contributed by atoms with Crippen molar-refractivity contribution in [1.82, 2.24) is 14.5 Å². The quantitative estimate of drug-likeness (QED) is 0.183. The van der Waals surface area contributed by atoms with Crippen LogP contribution in [-0.2, 0) is 5.41 Å². The molecule has 2 aliphatic carbocycles. The number of hydrogen-bond acceptors (Lipinski definition) is 2. The van der Waals surface area contributed by atoms with Gasteiger partial charge in [-0.3, -0.25) is 4.57 Å². The van der Waals surface area contributed by atoms with Gasteiger partial charge in [0.25, 0.3) is 0 Å². The smallest absolute Gasteiger partial charge is 0.137 e. The van der Waals surface area contributed by atoms with E-state index < -0.39 is 5.41 Å². The maximum absolute atomic E-state index is 5.34. The summed E-state index contributed by atoms with van der Waals surface area (Å²) in [6.07, 6.45) is 6.47. The molecule has 3 aromatic heterocycles. The lowest BCUT2D eigenvalue weighted by Gasteiger charge is -2.35. The molecule has 1 unspecified atom stereocenters. The first-order valence-corrected chi connectivity index (χ1v) is 19.2. The van der Waals surface area contributed by atoms with Crippen molar-refractivity contribution < 1.29 is 0 Å². The number of pyridine rings is 2. The maximum Gasteiger partial charge on any atom is 0.137 e. The molecule has 12 rings (SSSR count). The average Bonchev–Trinajstić information content (AvgIpc) is 3.69. The lowest BCUT2D eigenvalue weighted by atomic mass is 9.65. The van der Waals surface area contributed by atoms with Gasteiger partial charge < -0.3 is 0 Å². The van der Waals surface area contributed by atoms with Crippen LogP contribution in [0.2, 0.25) is 0 Å². The third-order valence-corrected chi connectivity index (χ3v) is 12.1. The monoisotopic (exact) mass is 711 g/mol. The van der Waals surface area contributed by atoms with E-state index >= 15 is 0 Å². The van der Waals surface area contributed by atoms with Crippen molar-refractivity contribution in [2.24, 2.45) is 0 Å². The number of nitrogens with zero attached hydrogens (tertiary/aromatic N) is 3. The van der Waals surface area contributed by atoms with Crippen LogP contribution < -0.4 is 0 Å². The highest BCUT2D eigenvalue weighted by Gasteiger charge is 2.48. The maximum atomic E-state index is 5.34. The van der Waals surface area contributed by atoms with Gasteiger partial charge in [0.1, 0.15) is 5.82 Å². The molecule has 1 atom stereocenters. The fraction of sp³-hybridized carbons (Fsp3) is 0.0189. The summed E-state index contributed by atoms with van der Waals surface area (Å²) in [5.74, 6) is 0.873. The van der Waals surface area contributed by atoms with E-state index in [2.05, 4.69) is 181 Å². The minimum absolute atomic E-state index is 0.521. The van der Waals surface area contributed by atoms with Crippen LogP contribution in [0.4, 0.5) is 0 Å². The Kier molecular flexibility index (Phi) is 6.55. The predicted octanol–water partition coefficient (Wildman–Crippen LogP) is 12.9. The van der Waals surface area contributed by atoms with Crippen molar-refractivity contribution in [2.45, 2.75) is 5.41 Å². The molecule has 2 aliphatic rings. The van der Waals surface area contributed by atoms with Gasteiger partial charge in [0, 0.05) is 17.1 Å². The number of benzene rings is 7. The Morgan fingerprint density at radius 1 is 0.429 bits per heavy atom. The summed E-state index contributed by atoms with van der Waals surface area (Å²) < 4.78 is 2.24. The molecule has 3 nitrogen and oxygen atoms in total. The summed E-state index contributed by atoms with van der Waals surface area (Å²) in [6.45, 7) is 0. The van der Waals surface area contributed by atoms with E-state index in [0.29, 0.717) is 0 Å². The summed E-state index contributed by atoms with van der Waals surface area (Å²) >= 11 is 0. The summed E-state index contributed by atoms with van der Waals surface area (Å²) in [5.41, 5.74) is 17.2. The second-order valence-electron chi connectivity index (χ2n) is 14.9. The Morgan fingerprint density at radius 2 is 1.12 bits per heavy atom. The van der Waals surface area contributed by atoms with Crippen molar-refractivity contribution in [3.63, 3.8) is 0 Å². The molecule has 3 heterocycles. The number of aromatic nitrogens is 3. The van der Waals surface area contributed by atoms with Crippen LogP contribution in [0.25, 0.3) is 84.2 Å². The third kappa shape index (κ3) is 4.34. The van der Waals surface area contributed by atoms with E-state index in [4.69, 9.17) is 9.97 Å². The van der Waals surface area contributed by atoms with Crippen LogP contribution in [-0.4, -0.2) is 14.5 Å². The highest BCUT2D eigenvalue weighted by molar-refractivity contribution is 6.09. The molecule has 56 heavy (non-hydrogen) atoms. The van der Waals surface area contributed by atoms with Gasteiger partial charge in [0.15, 0.2) is 0 Å². The van der Waals surface area contributed by atoms with Gasteiger partial charge in [-0.1, -0.05) is 140 Å². The molecule has 0 amide bonds. The molecule has 0 bridgehead atoms. The van der Waals surface area contributed by atoms with Gasteiger partial charge in [-0.2, -0.15) is 0 Å². The summed E-state index contributed by atoms with van der Waals surface area (Å²) in [6, 6.07) is 66.4. The van der Waals surface area contributed by atoms with Gasteiger partial charge >= 0.3 is 0 Å². The molecule has 0 aliphatic heterocycles. The Hall–Kier alpha value is -7.36. The Morgan fingerprint density at radius 3 is 1.98 bits per heavy atom. The zero-order valence-corrected chi connectivity index (χ0v) is 30.4. The minimum Gasteiger partial charge on any atom is -0.292 e. The van der Waals surface area contributed by atoms with Crippen molar-refractivity contribution >= 4 is 44.9 Å². The van der Waals surface area contributed by atoms with Gasteiger partial charge in [0.05, 0.1) is 27.7 Å². The zero-order chi connectivity index (χ0) is 36.8. The van der Waals surface area contributed by atoms with Crippen molar-refractivity contribution in [3.05, 3.63) is 222 Å². The van der Waals surface area contributed by atoms with E-state index in [1.807, 2.05) is 24.4 Å². The first kappa shape index (κ1) is 31.0. The standard InChI is InChI=1S/C53H33N3/c1-2-13-36(14-3-1)48-26-28-50-52(55-48)43-31-39(25-27-49(43)56(50)51-20-10-11-29-54-51)40-24-23-35-22-21-34-12-6-8-18-44(34)53(46(35)32-40)45-19-9-7-17-41(45)42-30-37-15-4-5-16-38(37)33-47(42)53/h1-33H. The zero-order valence-electron chi connectivity index (χ0n) is 30.4. The van der Waals surface area contributed by atoms with E-state index in [9.17, 15) is 0 Å². The molecule has 0 N–H and O–H groups in total. The topological polar surface area (TPSA) is 30.7 Å². The summed E-state index contributed by atoms with van der Waals surface area (Å²) in [5, 5.41) is 3.61. The second kappa shape index (κ2) is 11.8. The second-order valence-corrected chi connectivity index (χ2v) is 14.9. The van der Waals surface area contributed by atoms with Crippen molar-refractivity contribution in [1.29, 1.82) is 0 Å². The Labute approximate surface area is 324 Å². The highest BCUT2D eigenvalue weighted by Crippen LogP contribution is 2.59. The largest absolute Gasteiger partial charge is 0.292 e. The van der Waals surface area contributed by atoms with E-state index in [0.717, 1.165) is 44.6 Å². The molecular weight excluding hydrogens is 679 g/mol. The van der Waals surface area contributed by atoms with Crippen molar-refractivity contribution in [2.75, 3.05) is 0 Å². The molecule has 0 saturated heterocycles. The molecule has 0 fully saturated rings. The van der Waals surface area contributed by atoms with E-state index in [1.54, 1.807) is 0 Å². The molecule has 0 radical (unpaired) electrons. The fourth-order valence-electron chi connectivity index (χ4n) is 9.62. The summed E-state index contributed by atoms with van der Waals surface area (Å²) in [7, 11) is 0. The van der Waals surface area contributed by atoms with Crippen LogP contribution >= 0.6 is 0 Å². The van der Waals surface area contributed by atoms with E-state index in [1.165, 1.54) is 60.8 Å². The third-order valence-electron chi connectivity index (χ3n) is 12.1. The molecule has 1 spiro atoms. The SMILES string of the molecule is C1=Cc2ccc(-c3ccc4c(c3)c3nc(-c5ccccc5)ccc3n4-c3ccccn3)cc2C2(c3ccccc31)c1ccccc1-c1cc3ccccc3cc12. The first-order valence-electron chi connectivity index (χ1n) is 19.2. The van der Waals surface area contributed by atoms with Gasteiger partial charge in [-0.15, -0.1) is 0 Å². The molecule has 260 valence electrons. The highest BCUT2D eigenvalue weighted by atomic mass is 15.1. The van der Waals surface area contributed by atoms with Gasteiger partial charge in [0.2, 0.25) is 0 Å². The average molecular weight is 712 g/mol. The van der Waals surface area contributed by atoms with Crippen LogP contribution in [0, 0.1) is 0 Å². The Balaban J connectivity index is 1.13.